The Hall–Kier alpha value is -3.32. The Morgan fingerprint density at radius 2 is 1.74 bits per heavy atom. The number of benzene rings is 2. The van der Waals surface area contributed by atoms with Crippen LogP contribution in [0.5, 0.6) is 0 Å². The van der Waals surface area contributed by atoms with Crippen LogP contribution in [-0.4, -0.2) is 27.0 Å². The maximum absolute atomic E-state index is 12.4. The highest BCUT2D eigenvalue weighted by Gasteiger charge is 2.29. The first-order valence-corrected chi connectivity index (χ1v) is 8.72. The third-order valence-corrected chi connectivity index (χ3v) is 4.55. The fourth-order valence-electron chi connectivity index (χ4n) is 2.89. The van der Waals surface area contributed by atoms with Gasteiger partial charge in [0, 0.05) is 21.8 Å². The summed E-state index contributed by atoms with van der Waals surface area (Å²) in [4.78, 5) is 26.5. The standard InChI is InChI=1S/C19H16ClN5O2/c20-13-8-6-12(7-9-13)18(26)22-17-15-10-25(11-16(15)23-24-17)19(27)21-14-4-2-1-3-5-14/h1-9H,10-11H2,(H,21,27)(H2,22,23,24,26). The largest absolute Gasteiger partial charge is 0.322 e. The minimum Gasteiger partial charge on any atom is -0.314 e. The molecule has 7 nitrogen and oxygen atoms in total. The number of hydrogen-bond donors (Lipinski definition) is 3. The van der Waals surface area contributed by atoms with Gasteiger partial charge in [-0.2, -0.15) is 5.10 Å². The Morgan fingerprint density at radius 3 is 2.48 bits per heavy atom. The van der Waals surface area contributed by atoms with Gasteiger partial charge in [0.15, 0.2) is 0 Å². The van der Waals surface area contributed by atoms with E-state index in [9.17, 15) is 9.59 Å². The summed E-state index contributed by atoms with van der Waals surface area (Å²) < 4.78 is 0. The quantitative estimate of drug-likeness (QED) is 0.643. The monoisotopic (exact) mass is 381 g/mol. The van der Waals surface area contributed by atoms with E-state index in [2.05, 4.69) is 20.8 Å². The number of urea groups is 1. The second kappa shape index (κ2) is 7.13. The van der Waals surface area contributed by atoms with Crippen LogP contribution < -0.4 is 10.6 Å². The lowest BCUT2D eigenvalue weighted by molar-refractivity contribution is 0.102. The van der Waals surface area contributed by atoms with E-state index in [1.807, 2.05) is 30.3 Å². The van der Waals surface area contributed by atoms with Crippen LogP contribution in [0.4, 0.5) is 16.3 Å². The second-order valence-corrected chi connectivity index (χ2v) is 6.57. The number of para-hydroxylation sites is 1. The summed E-state index contributed by atoms with van der Waals surface area (Å²) in [5.74, 6) is 0.227. The van der Waals surface area contributed by atoms with Gasteiger partial charge in [-0.1, -0.05) is 29.8 Å². The zero-order valence-electron chi connectivity index (χ0n) is 14.2. The first-order chi connectivity index (χ1) is 13.1. The number of nitrogens with zero attached hydrogens (tertiary/aromatic N) is 2. The Bertz CT molecular complexity index is 985. The minimum atomic E-state index is -0.273. The first kappa shape index (κ1) is 17.1. The Morgan fingerprint density at radius 1 is 1.00 bits per heavy atom. The van der Waals surface area contributed by atoms with Gasteiger partial charge in [0.2, 0.25) is 0 Å². The summed E-state index contributed by atoms with van der Waals surface area (Å²) in [6, 6.07) is 15.6. The van der Waals surface area contributed by atoms with E-state index in [1.165, 1.54) is 0 Å². The molecule has 4 rings (SSSR count). The summed E-state index contributed by atoms with van der Waals surface area (Å²) in [6.45, 7) is 0.738. The van der Waals surface area contributed by atoms with Crippen molar-refractivity contribution in [2.45, 2.75) is 13.1 Å². The fourth-order valence-corrected chi connectivity index (χ4v) is 3.02. The Kier molecular flexibility index (Phi) is 4.52. The molecule has 1 aliphatic heterocycles. The number of anilines is 2. The smallest absolute Gasteiger partial charge is 0.314 e. The van der Waals surface area contributed by atoms with Crippen LogP contribution in [0.15, 0.2) is 54.6 Å². The number of carbonyl (C=O) groups is 2. The van der Waals surface area contributed by atoms with Crippen molar-refractivity contribution in [3.8, 4) is 0 Å². The van der Waals surface area contributed by atoms with Crippen molar-refractivity contribution in [2.75, 3.05) is 10.6 Å². The Balaban J connectivity index is 1.43. The summed E-state index contributed by atoms with van der Waals surface area (Å²) in [5.41, 5.74) is 2.76. The first-order valence-electron chi connectivity index (χ1n) is 8.34. The molecule has 0 fully saturated rings. The molecule has 3 N–H and O–H groups in total. The van der Waals surface area contributed by atoms with Gasteiger partial charge in [-0.3, -0.25) is 9.89 Å². The number of aromatic amines is 1. The zero-order valence-corrected chi connectivity index (χ0v) is 15.0. The number of hydrogen-bond acceptors (Lipinski definition) is 3. The molecule has 0 saturated carbocycles. The third kappa shape index (κ3) is 3.63. The normalized spacial score (nSPS) is 12.6. The molecule has 0 saturated heterocycles. The molecule has 1 aliphatic rings. The molecule has 1 aromatic heterocycles. The van der Waals surface area contributed by atoms with Crippen molar-refractivity contribution < 1.29 is 9.59 Å². The molecule has 0 radical (unpaired) electrons. The van der Waals surface area contributed by atoms with Gasteiger partial charge >= 0.3 is 6.03 Å². The van der Waals surface area contributed by atoms with Gasteiger partial charge in [0.05, 0.1) is 18.8 Å². The van der Waals surface area contributed by atoms with Crippen molar-refractivity contribution >= 4 is 35.0 Å². The van der Waals surface area contributed by atoms with Gasteiger partial charge in [0.25, 0.3) is 5.91 Å². The number of H-pyrrole nitrogens is 1. The van der Waals surface area contributed by atoms with E-state index in [-0.39, 0.29) is 11.9 Å². The van der Waals surface area contributed by atoms with Crippen LogP contribution in [0.3, 0.4) is 0 Å². The molecular formula is C19H16ClN5O2. The van der Waals surface area contributed by atoms with E-state index in [4.69, 9.17) is 11.6 Å². The van der Waals surface area contributed by atoms with Gasteiger partial charge in [-0.15, -0.1) is 0 Å². The summed E-state index contributed by atoms with van der Waals surface area (Å²) >= 11 is 5.85. The SMILES string of the molecule is O=C(Nc1[nH]nc2c1CN(C(=O)Nc1ccccc1)C2)c1ccc(Cl)cc1. The average molecular weight is 382 g/mol. The van der Waals surface area contributed by atoms with E-state index in [0.29, 0.717) is 29.5 Å². The molecule has 8 heteroatoms. The van der Waals surface area contributed by atoms with Gasteiger partial charge in [-0.25, -0.2) is 4.79 Å². The van der Waals surface area contributed by atoms with E-state index in [0.717, 1.165) is 16.9 Å². The number of rotatable bonds is 3. The van der Waals surface area contributed by atoms with Gasteiger partial charge in [0.1, 0.15) is 5.82 Å². The second-order valence-electron chi connectivity index (χ2n) is 6.14. The van der Waals surface area contributed by atoms with Crippen LogP contribution >= 0.6 is 11.6 Å². The van der Waals surface area contributed by atoms with Crippen LogP contribution in [-0.2, 0) is 13.1 Å². The van der Waals surface area contributed by atoms with Crippen LogP contribution in [0.1, 0.15) is 21.6 Å². The number of carbonyl (C=O) groups excluding carboxylic acids is 2. The predicted octanol–water partition coefficient (Wildman–Crippen LogP) is 3.86. The van der Waals surface area contributed by atoms with E-state index >= 15 is 0 Å². The van der Waals surface area contributed by atoms with Crippen molar-refractivity contribution in [1.82, 2.24) is 15.1 Å². The number of nitrogens with one attached hydrogen (secondary N) is 3. The summed E-state index contributed by atoms with van der Waals surface area (Å²) in [7, 11) is 0. The average Bonchev–Trinajstić information content (AvgIpc) is 3.25. The highest BCUT2D eigenvalue weighted by atomic mass is 35.5. The summed E-state index contributed by atoms with van der Waals surface area (Å²) in [6.07, 6.45) is 0. The minimum absolute atomic E-state index is 0.214. The van der Waals surface area contributed by atoms with E-state index in [1.54, 1.807) is 29.2 Å². The number of aromatic nitrogens is 2. The summed E-state index contributed by atoms with van der Waals surface area (Å²) in [5, 5.41) is 13.3. The molecule has 3 amide bonds. The highest BCUT2D eigenvalue weighted by molar-refractivity contribution is 6.30. The maximum atomic E-state index is 12.4. The lowest BCUT2D eigenvalue weighted by Crippen LogP contribution is -2.30. The predicted molar refractivity (Wildman–Crippen MR) is 103 cm³/mol. The van der Waals surface area contributed by atoms with E-state index < -0.39 is 0 Å². The van der Waals surface area contributed by atoms with Crippen molar-refractivity contribution in [3.63, 3.8) is 0 Å². The molecule has 2 heterocycles. The van der Waals surface area contributed by atoms with Crippen molar-refractivity contribution in [3.05, 3.63) is 76.4 Å². The molecule has 136 valence electrons. The molecular weight excluding hydrogens is 366 g/mol. The molecule has 2 aromatic carbocycles. The molecule has 0 bridgehead atoms. The van der Waals surface area contributed by atoms with Crippen LogP contribution in [0, 0.1) is 0 Å². The highest BCUT2D eigenvalue weighted by Crippen LogP contribution is 2.28. The lowest BCUT2D eigenvalue weighted by atomic mass is 10.2. The van der Waals surface area contributed by atoms with Crippen LogP contribution in [0.2, 0.25) is 5.02 Å². The number of halogens is 1. The van der Waals surface area contributed by atoms with Crippen molar-refractivity contribution in [1.29, 1.82) is 0 Å². The number of fused-ring (bicyclic) bond motifs is 1. The van der Waals surface area contributed by atoms with Crippen molar-refractivity contribution in [2.24, 2.45) is 0 Å². The molecule has 3 aromatic rings. The lowest BCUT2D eigenvalue weighted by Gasteiger charge is -2.16. The maximum Gasteiger partial charge on any atom is 0.322 e. The Labute approximate surface area is 160 Å². The molecule has 0 aliphatic carbocycles. The zero-order chi connectivity index (χ0) is 18.8. The molecule has 0 unspecified atom stereocenters. The molecule has 27 heavy (non-hydrogen) atoms. The topological polar surface area (TPSA) is 90.1 Å². The molecule has 0 spiro atoms. The fraction of sp³-hybridized carbons (Fsp3) is 0.105. The molecule has 0 atom stereocenters. The third-order valence-electron chi connectivity index (χ3n) is 4.30. The van der Waals surface area contributed by atoms with Gasteiger partial charge < -0.3 is 15.5 Å². The van der Waals surface area contributed by atoms with Crippen LogP contribution in [0.25, 0.3) is 0 Å². The number of amides is 3. The van der Waals surface area contributed by atoms with Gasteiger partial charge in [-0.05, 0) is 36.4 Å².